The molecule has 4 rings (SSSR count). The Balaban J connectivity index is 1.63. The molecular formula is C22H23NO2. The van der Waals surface area contributed by atoms with E-state index in [1.807, 2.05) is 50.2 Å². The van der Waals surface area contributed by atoms with Gasteiger partial charge in [0.15, 0.2) is 0 Å². The van der Waals surface area contributed by atoms with Crippen LogP contribution in [0.25, 0.3) is 0 Å². The van der Waals surface area contributed by atoms with Gasteiger partial charge in [0, 0.05) is 0 Å². The number of carbonyl (C=O) groups excluding carboxylic acids is 2. The van der Waals surface area contributed by atoms with Gasteiger partial charge in [-0.05, 0) is 56.2 Å². The van der Waals surface area contributed by atoms with Crippen molar-refractivity contribution in [2.45, 2.75) is 39.0 Å². The van der Waals surface area contributed by atoms with Gasteiger partial charge in [-0.3, -0.25) is 9.59 Å². The summed E-state index contributed by atoms with van der Waals surface area (Å²) < 4.78 is 0. The normalized spacial score (nSPS) is 26.0. The van der Waals surface area contributed by atoms with Gasteiger partial charge in [-0.2, -0.15) is 0 Å². The van der Waals surface area contributed by atoms with Crippen LogP contribution in [0, 0.1) is 25.7 Å². The molecule has 1 saturated heterocycles. The van der Waals surface area contributed by atoms with E-state index < -0.39 is 0 Å². The predicted octanol–water partition coefficient (Wildman–Crippen LogP) is 4.38. The van der Waals surface area contributed by atoms with Crippen LogP contribution < -0.4 is 4.90 Å². The Bertz CT molecular complexity index is 827. The van der Waals surface area contributed by atoms with Gasteiger partial charge in [-0.1, -0.05) is 48.0 Å². The quantitative estimate of drug-likeness (QED) is 0.765. The molecule has 128 valence electrons. The molecule has 3 heteroatoms. The lowest BCUT2D eigenvalue weighted by Crippen LogP contribution is -2.31. The second kappa shape index (κ2) is 6.14. The second-order valence-electron chi connectivity index (χ2n) is 7.44. The minimum absolute atomic E-state index is 0.00605. The van der Waals surface area contributed by atoms with Crippen molar-refractivity contribution in [1.29, 1.82) is 0 Å². The van der Waals surface area contributed by atoms with Crippen LogP contribution in [0.3, 0.4) is 0 Å². The number of amides is 2. The highest BCUT2D eigenvalue weighted by Gasteiger charge is 2.50. The first-order valence-electron chi connectivity index (χ1n) is 9.06. The van der Waals surface area contributed by atoms with E-state index in [1.165, 1.54) is 10.5 Å². The first-order valence-corrected chi connectivity index (χ1v) is 9.06. The van der Waals surface area contributed by atoms with Crippen molar-refractivity contribution in [2.24, 2.45) is 11.8 Å². The average molecular weight is 333 g/mol. The van der Waals surface area contributed by atoms with E-state index in [0.717, 1.165) is 36.1 Å². The summed E-state index contributed by atoms with van der Waals surface area (Å²) in [6.45, 7) is 3.99. The van der Waals surface area contributed by atoms with Crippen molar-refractivity contribution in [3.63, 3.8) is 0 Å². The molecule has 0 bridgehead atoms. The number of hydrogen-bond acceptors (Lipinski definition) is 2. The number of anilines is 1. The van der Waals surface area contributed by atoms with Crippen LogP contribution in [0.15, 0.2) is 48.5 Å². The lowest BCUT2D eigenvalue weighted by molar-refractivity contribution is -0.122. The number of fused-ring (bicyclic) bond motifs is 1. The highest BCUT2D eigenvalue weighted by atomic mass is 16.2. The first kappa shape index (κ1) is 16.1. The molecule has 3 atom stereocenters. The third-order valence-electron chi connectivity index (χ3n) is 5.79. The lowest BCUT2D eigenvalue weighted by atomic mass is 9.73. The van der Waals surface area contributed by atoms with Gasteiger partial charge in [-0.25, -0.2) is 4.90 Å². The SMILES string of the molecule is Cc1ccc(N2C(=O)[C@H]3C[C@@H](c4ccccc4)CC[C@H]3C2=O)c(C)c1. The second-order valence-corrected chi connectivity index (χ2v) is 7.44. The maximum Gasteiger partial charge on any atom is 0.237 e. The zero-order valence-electron chi connectivity index (χ0n) is 14.7. The van der Waals surface area contributed by atoms with Gasteiger partial charge in [0.05, 0.1) is 17.5 Å². The zero-order chi connectivity index (χ0) is 17.6. The molecule has 0 aromatic heterocycles. The molecular weight excluding hydrogens is 310 g/mol. The highest BCUT2D eigenvalue weighted by Crippen LogP contribution is 2.46. The summed E-state index contributed by atoms with van der Waals surface area (Å²) in [6.07, 6.45) is 2.56. The van der Waals surface area contributed by atoms with Gasteiger partial charge in [0.25, 0.3) is 0 Å². The van der Waals surface area contributed by atoms with Gasteiger partial charge in [0.1, 0.15) is 0 Å². The largest absolute Gasteiger partial charge is 0.274 e. The monoisotopic (exact) mass is 333 g/mol. The topological polar surface area (TPSA) is 37.4 Å². The van der Waals surface area contributed by atoms with Gasteiger partial charge < -0.3 is 0 Å². The van der Waals surface area contributed by atoms with E-state index >= 15 is 0 Å². The van der Waals surface area contributed by atoms with E-state index in [0.29, 0.717) is 5.92 Å². The Morgan fingerprint density at radius 3 is 2.32 bits per heavy atom. The number of nitrogens with zero attached hydrogens (tertiary/aromatic N) is 1. The Hall–Kier alpha value is -2.42. The van der Waals surface area contributed by atoms with E-state index in [-0.39, 0.29) is 23.7 Å². The molecule has 1 aliphatic heterocycles. The van der Waals surface area contributed by atoms with E-state index in [4.69, 9.17) is 0 Å². The first-order chi connectivity index (χ1) is 12.1. The van der Waals surface area contributed by atoms with Crippen molar-refractivity contribution < 1.29 is 9.59 Å². The molecule has 1 heterocycles. The average Bonchev–Trinajstić information content (AvgIpc) is 2.87. The third-order valence-corrected chi connectivity index (χ3v) is 5.79. The fraction of sp³-hybridized carbons (Fsp3) is 0.364. The summed E-state index contributed by atoms with van der Waals surface area (Å²) in [5.41, 5.74) is 4.17. The van der Waals surface area contributed by atoms with Gasteiger partial charge >= 0.3 is 0 Å². The number of carbonyl (C=O) groups is 2. The highest BCUT2D eigenvalue weighted by molar-refractivity contribution is 6.22. The smallest absolute Gasteiger partial charge is 0.237 e. The Morgan fingerprint density at radius 1 is 0.880 bits per heavy atom. The number of aryl methyl sites for hydroxylation is 2. The zero-order valence-corrected chi connectivity index (χ0v) is 14.7. The maximum absolute atomic E-state index is 13.1. The molecule has 3 nitrogen and oxygen atoms in total. The van der Waals surface area contributed by atoms with Crippen LogP contribution in [0.5, 0.6) is 0 Å². The van der Waals surface area contributed by atoms with Crippen molar-refractivity contribution >= 4 is 17.5 Å². The Kier molecular flexibility index (Phi) is 3.95. The maximum atomic E-state index is 13.1. The molecule has 2 aromatic carbocycles. The van der Waals surface area contributed by atoms with Crippen molar-refractivity contribution in [3.8, 4) is 0 Å². The molecule has 25 heavy (non-hydrogen) atoms. The number of benzene rings is 2. The van der Waals surface area contributed by atoms with Crippen LogP contribution in [-0.4, -0.2) is 11.8 Å². The molecule has 0 spiro atoms. The summed E-state index contributed by atoms with van der Waals surface area (Å²) in [5, 5.41) is 0. The van der Waals surface area contributed by atoms with Crippen molar-refractivity contribution in [3.05, 3.63) is 65.2 Å². The van der Waals surface area contributed by atoms with Crippen LogP contribution in [-0.2, 0) is 9.59 Å². The summed E-state index contributed by atoms with van der Waals surface area (Å²) >= 11 is 0. The molecule has 2 amide bonds. The Labute approximate surface area is 148 Å². The molecule has 0 unspecified atom stereocenters. The summed E-state index contributed by atoms with van der Waals surface area (Å²) in [7, 11) is 0. The number of hydrogen-bond donors (Lipinski definition) is 0. The van der Waals surface area contributed by atoms with Crippen molar-refractivity contribution in [2.75, 3.05) is 4.90 Å². The van der Waals surface area contributed by atoms with Crippen LogP contribution in [0.1, 0.15) is 41.9 Å². The van der Waals surface area contributed by atoms with E-state index in [2.05, 4.69) is 12.1 Å². The van der Waals surface area contributed by atoms with Crippen LogP contribution >= 0.6 is 0 Å². The molecule has 1 saturated carbocycles. The van der Waals surface area contributed by atoms with Crippen LogP contribution in [0.2, 0.25) is 0 Å². The molecule has 2 fully saturated rings. The van der Waals surface area contributed by atoms with Crippen molar-refractivity contribution in [1.82, 2.24) is 0 Å². The molecule has 2 aromatic rings. The predicted molar refractivity (Wildman–Crippen MR) is 98.4 cm³/mol. The third kappa shape index (κ3) is 2.68. The summed E-state index contributed by atoms with van der Waals surface area (Å²) in [6, 6.07) is 16.3. The summed E-state index contributed by atoms with van der Waals surface area (Å²) in [4.78, 5) is 27.5. The fourth-order valence-electron chi connectivity index (χ4n) is 4.50. The van der Waals surface area contributed by atoms with E-state index in [9.17, 15) is 9.59 Å². The van der Waals surface area contributed by atoms with Gasteiger partial charge in [0.2, 0.25) is 11.8 Å². The minimum Gasteiger partial charge on any atom is -0.274 e. The molecule has 1 aliphatic carbocycles. The molecule has 0 N–H and O–H groups in total. The molecule has 2 aliphatic rings. The summed E-state index contributed by atoms with van der Waals surface area (Å²) in [5.74, 6) is 0.0367. The number of rotatable bonds is 2. The molecule has 0 radical (unpaired) electrons. The van der Waals surface area contributed by atoms with E-state index in [1.54, 1.807) is 0 Å². The number of imide groups is 1. The lowest BCUT2D eigenvalue weighted by Gasteiger charge is -2.28. The Morgan fingerprint density at radius 2 is 1.60 bits per heavy atom. The fourth-order valence-corrected chi connectivity index (χ4v) is 4.50. The van der Waals surface area contributed by atoms with Crippen LogP contribution in [0.4, 0.5) is 5.69 Å². The van der Waals surface area contributed by atoms with Gasteiger partial charge in [-0.15, -0.1) is 0 Å². The minimum atomic E-state index is -0.174. The standard InChI is InChI=1S/C22H23NO2/c1-14-8-11-20(15(2)12-14)23-21(24)18-10-9-17(13-19(18)22(23)25)16-6-4-3-5-7-16/h3-8,11-12,17-19H,9-10,13H2,1-2H3/t17-,18+,19-/m0/s1.